The first kappa shape index (κ1) is 15.8. The second-order valence-corrected chi connectivity index (χ2v) is 2.42. The minimum atomic E-state index is -0.583. The quantitative estimate of drug-likeness (QED) is 0.543. The Kier molecular flexibility index (Phi) is 10.1. The number of benzene rings is 1. The van der Waals surface area contributed by atoms with E-state index in [2.05, 4.69) is 0 Å². The third-order valence-electron chi connectivity index (χ3n) is 1.20. The van der Waals surface area contributed by atoms with E-state index in [1.807, 2.05) is 27.7 Å². The molecule has 0 aliphatic heterocycles. The van der Waals surface area contributed by atoms with Gasteiger partial charge < -0.3 is 0 Å². The predicted molar refractivity (Wildman–Crippen MR) is 58.8 cm³/mol. The average molecular weight is 223 g/mol. The van der Waals surface area contributed by atoms with Gasteiger partial charge in [0.2, 0.25) is 0 Å². The largest absolute Gasteiger partial charge is 0.207 e. The molecule has 0 nitrogen and oxygen atoms in total. The Morgan fingerprint density at radius 2 is 1.36 bits per heavy atom. The molecule has 0 spiro atoms. The van der Waals surface area contributed by atoms with Crippen molar-refractivity contribution in [3.05, 3.63) is 34.4 Å². The van der Waals surface area contributed by atoms with Crippen LogP contribution in [0.1, 0.15) is 33.3 Å². The predicted octanol–water partition coefficient (Wildman–Crippen LogP) is 4.98. The van der Waals surface area contributed by atoms with Crippen LogP contribution in [0, 0.1) is 18.6 Å². The smallest absolute Gasteiger partial charge is 0.142 e. The van der Waals surface area contributed by atoms with E-state index in [9.17, 15) is 8.78 Å². The van der Waals surface area contributed by atoms with Crippen LogP contribution in [0.25, 0.3) is 0 Å². The van der Waals surface area contributed by atoms with E-state index < -0.39 is 11.6 Å². The molecule has 0 radical (unpaired) electrons. The zero-order valence-electron chi connectivity index (χ0n) is 9.29. The van der Waals surface area contributed by atoms with Crippen molar-refractivity contribution >= 4 is 11.6 Å². The average Bonchev–Trinajstić information content (AvgIpc) is 2.21. The molecule has 1 aromatic carbocycles. The topological polar surface area (TPSA) is 0 Å². The molecule has 0 aromatic heterocycles. The first-order valence-electron chi connectivity index (χ1n) is 4.72. The maximum atomic E-state index is 12.5. The van der Waals surface area contributed by atoms with Crippen LogP contribution in [-0.2, 0) is 0 Å². The second-order valence-electron chi connectivity index (χ2n) is 2.02. The van der Waals surface area contributed by atoms with Gasteiger partial charge in [0.1, 0.15) is 11.6 Å². The van der Waals surface area contributed by atoms with Gasteiger partial charge in [-0.25, -0.2) is 8.78 Å². The molecule has 14 heavy (non-hydrogen) atoms. The number of hydrogen-bond donors (Lipinski definition) is 0. The van der Waals surface area contributed by atoms with E-state index in [4.69, 9.17) is 11.6 Å². The van der Waals surface area contributed by atoms with E-state index in [1.54, 1.807) is 0 Å². The molecule has 1 rings (SSSR count). The van der Waals surface area contributed by atoms with Crippen molar-refractivity contribution < 1.29 is 8.78 Å². The maximum absolute atomic E-state index is 12.5. The van der Waals surface area contributed by atoms with Gasteiger partial charge in [-0.15, -0.1) is 0 Å². The van der Waals surface area contributed by atoms with Crippen LogP contribution in [0.2, 0.25) is 5.02 Å². The van der Waals surface area contributed by atoms with Crippen LogP contribution in [0.3, 0.4) is 0 Å². The van der Waals surface area contributed by atoms with Crippen LogP contribution in [-0.4, -0.2) is 0 Å². The summed E-state index contributed by atoms with van der Waals surface area (Å²) in [4.78, 5) is 0. The van der Waals surface area contributed by atoms with Gasteiger partial charge in [-0.1, -0.05) is 39.3 Å². The van der Waals surface area contributed by atoms with Crippen molar-refractivity contribution in [3.63, 3.8) is 0 Å². The molecular weight excluding hydrogens is 206 g/mol. The van der Waals surface area contributed by atoms with Gasteiger partial charge in [0.25, 0.3) is 0 Å². The molecule has 0 aliphatic rings. The van der Waals surface area contributed by atoms with Gasteiger partial charge in [-0.2, -0.15) is 0 Å². The van der Waals surface area contributed by atoms with E-state index in [0.717, 1.165) is 12.1 Å². The Balaban J connectivity index is 0. The SMILES string of the molecule is CC.CC.Cc1cc(F)c(Cl)cc1F. The highest BCUT2D eigenvalue weighted by Crippen LogP contribution is 2.17. The summed E-state index contributed by atoms with van der Waals surface area (Å²) in [5.74, 6) is -1.06. The minimum absolute atomic E-state index is 0.178. The molecule has 0 amide bonds. The lowest BCUT2D eigenvalue weighted by Crippen LogP contribution is -1.84. The van der Waals surface area contributed by atoms with Crippen molar-refractivity contribution in [1.29, 1.82) is 0 Å². The van der Waals surface area contributed by atoms with Gasteiger partial charge in [0.05, 0.1) is 5.02 Å². The molecular formula is C11H17ClF2. The highest BCUT2D eigenvalue weighted by Gasteiger charge is 2.03. The highest BCUT2D eigenvalue weighted by molar-refractivity contribution is 6.30. The third kappa shape index (κ3) is 5.18. The number of halogens is 3. The molecule has 0 bridgehead atoms. The first-order valence-corrected chi connectivity index (χ1v) is 5.10. The van der Waals surface area contributed by atoms with Crippen molar-refractivity contribution in [2.45, 2.75) is 34.6 Å². The molecule has 0 heterocycles. The number of rotatable bonds is 0. The van der Waals surface area contributed by atoms with E-state index in [0.29, 0.717) is 0 Å². The van der Waals surface area contributed by atoms with Crippen molar-refractivity contribution in [2.24, 2.45) is 0 Å². The van der Waals surface area contributed by atoms with E-state index in [-0.39, 0.29) is 10.6 Å². The van der Waals surface area contributed by atoms with Gasteiger partial charge in [-0.3, -0.25) is 0 Å². The maximum Gasteiger partial charge on any atom is 0.142 e. The van der Waals surface area contributed by atoms with Gasteiger partial charge in [-0.05, 0) is 24.6 Å². The summed E-state index contributed by atoms with van der Waals surface area (Å²) >= 11 is 5.27. The lowest BCUT2D eigenvalue weighted by atomic mass is 10.2. The molecule has 0 saturated carbocycles. The zero-order chi connectivity index (χ0) is 11.7. The fraction of sp³-hybridized carbons (Fsp3) is 0.455. The number of hydrogen-bond acceptors (Lipinski definition) is 0. The molecule has 0 fully saturated rings. The standard InChI is InChI=1S/C7H5ClF2.2C2H6/c1-4-2-7(10)5(8)3-6(4)9;2*1-2/h2-3H,1H3;2*1-2H3. The monoisotopic (exact) mass is 222 g/mol. The minimum Gasteiger partial charge on any atom is -0.207 e. The second kappa shape index (κ2) is 8.95. The molecule has 0 unspecified atom stereocenters. The summed E-state index contributed by atoms with van der Waals surface area (Å²) in [5.41, 5.74) is 0.266. The summed E-state index contributed by atoms with van der Waals surface area (Å²) in [6.45, 7) is 9.48. The third-order valence-corrected chi connectivity index (χ3v) is 1.49. The number of aryl methyl sites for hydroxylation is 1. The van der Waals surface area contributed by atoms with Gasteiger partial charge in [0.15, 0.2) is 0 Å². The Bertz CT molecular complexity index is 209. The Labute approximate surface area is 89.9 Å². The normalized spacial score (nSPS) is 8.00. The molecule has 0 saturated heterocycles. The van der Waals surface area contributed by atoms with Gasteiger partial charge in [0, 0.05) is 0 Å². The van der Waals surface area contributed by atoms with Crippen LogP contribution in [0.15, 0.2) is 12.1 Å². The fourth-order valence-corrected chi connectivity index (χ4v) is 0.772. The summed E-state index contributed by atoms with van der Waals surface area (Å²) in [7, 11) is 0. The Hall–Kier alpha value is -0.630. The van der Waals surface area contributed by atoms with Crippen LogP contribution >= 0.6 is 11.6 Å². The zero-order valence-corrected chi connectivity index (χ0v) is 10.0. The van der Waals surface area contributed by atoms with Crippen molar-refractivity contribution in [3.8, 4) is 0 Å². The first-order chi connectivity index (χ1) is 6.61. The van der Waals surface area contributed by atoms with E-state index >= 15 is 0 Å². The fourth-order valence-electron chi connectivity index (χ4n) is 0.622. The Morgan fingerprint density at radius 1 is 0.929 bits per heavy atom. The summed E-state index contributed by atoms with van der Waals surface area (Å²) in [6, 6.07) is 2.03. The Morgan fingerprint density at radius 3 is 1.71 bits per heavy atom. The highest BCUT2D eigenvalue weighted by atomic mass is 35.5. The summed E-state index contributed by atoms with van der Waals surface area (Å²) < 4.78 is 25.0. The van der Waals surface area contributed by atoms with Crippen LogP contribution in [0.5, 0.6) is 0 Å². The van der Waals surface area contributed by atoms with Crippen molar-refractivity contribution in [1.82, 2.24) is 0 Å². The lowest BCUT2D eigenvalue weighted by molar-refractivity contribution is 0.593. The van der Waals surface area contributed by atoms with Crippen LogP contribution < -0.4 is 0 Å². The van der Waals surface area contributed by atoms with Crippen molar-refractivity contribution in [2.75, 3.05) is 0 Å². The molecule has 0 aliphatic carbocycles. The molecule has 0 atom stereocenters. The lowest BCUT2D eigenvalue weighted by Gasteiger charge is -1.96. The van der Waals surface area contributed by atoms with E-state index in [1.165, 1.54) is 6.92 Å². The molecule has 0 N–H and O–H groups in total. The molecule has 1 aromatic rings. The molecule has 3 heteroatoms. The van der Waals surface area contributed by atoms with Crippen LogP contribution in [0.4, 0.5) is 8.78 Å². The summed E-state index contributed by atoms with van der Waals surface area (Å²) in [6.07, 6.45) is 0. The molecule has 82 valence electrons. The van der Waals surface area contributed by atoms with Gasteiger partial charge >= 0.3 is 0 Å². The summed E-state index contributed by atoms with van der Waals surface area (Å²) in [5, 5.41) is -0.178.